The average Bonchev–Trinajstić information content (AvgIpc) is 2.93. The minimum Gasteiger partial charge on any atom is -0.381 e. The van der Waals surface area contributed by atoms with Crippen LogP contribution in [0.4, 0.5) is 11.4 Å². The lowest BCUT2D eigenvalue weighted by molar-refractivity contribution is -0.385. The summed E-state index contributed by atoms with van der Waals surface area (Å²) in [4.78, 5) is 10.7. The van der Waals surface area contributed by atoms with Gasteiger partial charge in [0.2, 0.25) is 0 Å². The van der Waals surface area contributed by atoms with Crippen molar-refractivity contribution in [2.75, 3.05) is 5.32 Å². The van der Waals surface area contributed by atoms with Crippen LogP contribution in [0.2, 0.25) is 0 Å². The number of fused-ring (bicyclic) bond motifs is 1. The number of nitrogens with zero attached hydrogens (tertiary/aromatic N) is 2. The average molecular weight is 347 g/mol. The quantitative estimate of drug-likeness (QED) is 0.555. The van der Waals surface area contributed by atoms with Crippen LogP contribution < -0.4 is 5.32 Å². The summed E-state index contributed by atoms with van der Waals surface area (Å²) >= 11 is 3.25. The Hall–Kier alpha value is -2.41. The third-order valence-corrected chi connectivity index (χ3v) is 3.66. The molecule has 0 fully saturated rings. The van der Waals surface area contributed by atoms with Crippen molar-refractivity contribution in [3.05, 3.63) is 62.7 Å². The summed E-state index contributed by atoms with van der Waals surface area (Å²) in [5, 5.41) is 22.1. The third-order valence-electron chi connectivity index (χ3n) is 3.17. The van der Waals surface area contributed by atoms with Crippen molar-refractivity contribution in [1.82, 2.24) is 10.2 Å². The van der Waals surface area contributed by atoms with Gasteiger partial charge in [-0.25, -0.2) is 0 Å². The van der Waals surface area contributed by atoms with E-state index in [1.165, 1.54) is 6.07 Å². The van der Waals surface area contributed by atoms with E-state index in [-0.39, 0.29) is 10.6 Å². The zero-order valence-corrected chi connectivity index (χ0v) is 12.4. The van der Waals surface area contributed by atoms with Crippen molar-refractivity contribution in [3.8, 4) is 0 Å². The standard InChI is InChI=1S/C14H11BrN4O2/c15-11-3-1-10(14(5-11)19(20)21)7-16-12-4-2-9-8-17-18-13(9)6-12/h1-6,8,16H,7H2,(H,17,18). The first kappa shape index (κ1) is 13.6. The molecular weight excluding hydrogens is 336 g/mol. The Labute approximate surface area is 128 Å². The van der Waals surface area contributed by atoms with Crippen molar-refractivity contribution < 1.29 is 4.92 Å². The molecule has 0 aliphatic rings. The van der Waals surface area contributed by atoms with Gasteiger partial charge in [0.25, 0.3) is 5.69 Å². The van der Waals surface area contributed by atoms with Crippen molar-refractivity contribution in [3.63, 3.8) is 0 Å². The zero-order valence-electron chi connectivity index (χ0n) is 10.8. The predicted octanol–water partition coefficient (Wildman–Crippen LogP) is 3.85. The van der Waals surface area contributed by atoms with E-state index in [1.54, 1.807) is 18.3 Å². The van der Waals surface area contributed by atoms with Gasteiger partial charge < -0.3 is 5.32 Å². The van der Waals surface area contributed by atoms with E-state index >= 15 is 0 Å². The minimum absolute atomic E-state index is 0.0968. The fourth-order valence-electron chi connectivity index (χ4n) is 2.10. The van der Waals surface area contributed by atoms with Gasteiger partial charge in [0.05, 0.1) is 16.6 Å². The molecule has 0 unspecified atom stereocenters. The van der Waals surface area contributed by atoms with Crippen LogP contribution in [0.15, 0.2) is 47.1 Å². The molecule has 21 heavy (non-hydrogen) atoms. The highest BCUT2D eigenvalue weighted by Crippen LogP contribution is 2.25. The Morgan fingerprint density at radius 1 is 1.29 bits per heavy atom. The molecule has 7 heteroatoms. The molecular formula is C14H11BrN4O2. The topological polar surface area (TPSA) is 83.8 Å². The first-order valence-electron chi connectivity index (χ1n) is 6.23. The summed E-state index contributed by atoms with van der Waals surface area (Å²) in [7, 11) is 0. The first-order valence-corrected chi connectivity index (χ1v) is 7.02. The highest BCUT2D eigenvalue weighted by atomic mass is 79.9. The predicted molar refractivity (Wildman–Crippen MR) is 84.2 cm³/mol. The van der Waals surface area contributed by atoms with E-state index in [2.05, 4.69) is 31.4 Å². The minimum atomic E-state index is -0.375. The van der Waals surface area contributed by atoms with Crippen LogP contribution in [-0.2, 0) is 6.54 Å². The van der Waals surface area contributed by atoms with E-state index < -0.39 is 0 Å². The number of nitro benzene ring substituents is 1. The first-order chi connectivity index (χ1) is 10.1. The van der Waals surface area contributed by atoms with Gasteiger partial charge in [-0.2, -0.15) is 5.10 Å². The van der Waals surface area contributed by atoms with Gasteiger partial charge in [-0.3, -0.25) is 15.2 Å². The Bertz CT molecular complexity index is 816. The SMILES string of the molecule is O=[N+]([O-])c1cc(Br)ccc1CNc1ccc2cn[nH]c2c1. The summed E-state index contributed by atoms with van der Waals surface area (Å²) < 4.78 is 0.692. The van der Waals surface area contributed by atoms with Gasteiger partial charge in [-0.05, 0) is 30.3 Å². The van der Waals surface area contributed by atoms with E-state index in [4.69, 9.17) is 0 Å². The van der Waals surface area contributed by atoms with Crippen molar-refractivity contribution in [1.29, 1.82) is 0 Å². The number of halogens is 1. The van der Waals surface area contributed by atoms with E-state index in [0.29, 0.717) is 16.6 Å². The maximum atomic E-state index is 11.1. The molecule has 0 amide bonds. The number of anilines is 1. The molecule has 1 heterocycles. The number of nitrogens with one attached hydrogen (secondary N) is 2. The van der Waals surface area contributed by atoms with Crippen LogP contribution in [0.1, 0.15) is 5.56 Å². The number of aromatic amines is 1. The van der Waals surface area contributed by atoms with Gasteiger partial charge in [0.1, 0.15) is 0 Å². The lowest BCUT2D eigenvalue weighted by Crippen LogP contribution is -2.03. The highest BCUT2D eigenvalue weighted by Gasteiger charge is 2.13. The summed E-state index contributed by atoms with van der Waals surface area (Å²) in [5.41, 5.74) is 2.53. The molecule has 0 atom stereocenters. The number of benzene rings is 2. The highest BCUT2D eigenvalue weighted by molar-refractivity contribution is 9.10. The fourth-order valence-corrected chi connectivity index (χ4v) is 2.45. The smallest absolute Gasteiger partial charge is 0.275 e. The Kier molecular flexibility index (Phi) is 3.57. The molecule has 0 saturated heterocycles. The summed E-state index contributed by atoms with van der Waals surface area (Å²) in [6.45, 7) is 0.378. The van der Waals surface area contributed by atoms with E-state index in [1.807, 2.05) is 18.2 Å². The number of rotatable bonds is 4. The Morgan fingerprint density at radius 2 is 2.14 bits per heavy atom. The molecule has 3 rings (SSSR count). The van der Waals surface area contributed by atoms with Crippen LogP contribution in [0, 0.1) is 10.1 Å². The molecule has 1 aromatic heterocycles. The van der Waals surface area contributed by atoms with Gasteiger partial charge >= 0.3 is 0 Å². The molecule has 106 valence electrons. The van der Waals surface area contributed by atoms with Gasteiger partial charge in [-0.1, -0.05) is 15.9 Å². The van der Waals surface area contributed by atoms with Crippen LogP contribution in [0.3, 0.4) is 0 Å². The molecule has 0 saturated carbocycles. The van der Waals surface area contributed by atoms with Crippen molar-refractivity contribution >= 4 is 38.2 Å². The molecule has 0 spiro atoms. The second kappa shape index (κ2) is 5.53. The molecule has 6 nitrogen and oxygen atoms in total. The molecule has 2 aromatic carbocycles. The van der Waals surface area contributed by atoms with Crippen LogP contribution in [-0.4, -0.2) is 15.1 Å². The second-order valence-corrected chi connectivity index (χ2v) is 5.47. The van der Waals surface area contributed by atoms with Gasteiger partial charge in [0, 0.05) is 33.7 Å². The molecule has 0 radical (unpaired) electrons. The van der Waals surface area contributed by atoms with Crippen molar-refractivity contribution in [2.24, 2.45) is 0 Å². The van der Waals surface area contributed by atoms with E-state index in [0.717, 1.165) is 16.6 Å². The zero-order chi connectivity index (χ0) is 14.8. The summed E-state index contributed by atoms with van der Waals surface area (Å²) in [5.74, 6) is 0. The van der Waals surface area contributed by atoms with Crippen LogP contribution in [0.25, 0.3) is 10.9 Å². The third kappa shape index (κ3) is 2.87. The normalized spacial score (nSPS) is 10.7. The number of aromatic nitrogens is 2. The maximum absolute atomic E-state index is 11.1. The Balaban J connectivity index is 1.82. The monoisotopic (exact) mass is 346 g/mol. The number of hydrogen-bond donors (Lipinski definition) is 2. The lowest BCUT2D eigenvalue weighted by atomic mass is 10.1. The summed E-state index contributed by atoms with van der Waals surface area (Å²) in [6.07, 6.45) is 1.75. The van der Waals surface area contributed by atoms with Gasteiger partial charge in [-0.15, -0.1) is 0 Å². The number of nitro groups is 1. The molecule has 0 bridgehead atoms. The summed E-state index contributed by atoms with van der Waals surface area (Å²) in [6, 6.07) is 10.8. The van der Waals surface area contributed by atoms with Crippen LogP contribution in [0.5, 0.6) is 0 Å². The Morgan fingerprint density at radius 3 is 2.95 bits per heavy atom. The maximum Gasteiger partial charge on any atom is 0.275 e. The molecule has 3 aromatic rings. The molecule has 0 aliphatic heterocycles. The molecule has 2 N–H and O–H groups in total. The van der Waals surface area contributed by atoms with E-state index in [9.17, 15) is 10.1 Å². The van der Waals surface area contributed by atoms with Crippen LogP contribution >= 0.6 is 15.9 Å². The second-order valence-electron chi connectivity index (χ2n) is 4.56. The van der Waals surface area contributed by atoms with Crippen molar-refractivity contribution in [2.45, 2.75) is 6.54 Å². The number of hydrogen-bond acceptors (Lipinski definition) is 4. The number of H-pyrrole nitrogens is 1. The lowest BCUT2D eigenvalue weighted by Gasteiger charge is -2.07. The largest absolute Gasteiger partial charge is 0.381 e. The fraction of sp³-hybridized carbons (Fsp3) is 0.0714. The molecule has 0 aliphatic carbocycles. The van der Waals surface area contributed by atoms with Gasteiger partial charge in [0.15, 0.2) is 0 Å².